The number of thiazole rings is 1. The number of ether oxygens (including phenoxy) is 1. The summed E-state index contributed by atoms with van der Waals surface area (Å²) in [6, 6.07) is 12.0. The van der Waals surface area contributed by atoms with Gasteiger partial charge >= 0.3 is 0 Å². The quantitative estimate of drug-likeness (QED) is 0.633. The van der Waals surface area contributed by atoms with Gasteiger partial charge in [0.05, 0.1) is 29.9 Å². The molecule has 2 aromatic heterocycles. The topological polar surface area (TPSA) is 73.2 Å². The molecule has 3 aromatic rings. The van der Waals surface area contributed by atoms with Crippen molar-refractivity contribution in [3.8, 4) is 0 Å². The fourth-order valence-electron chi connectivity index (χ4n) is 3.63. The van der Waals surface area contributed by atoms with Gasteiger partial charge in [-0.1, -0.05) is 30.3 Å². The first kappa shape index (κ1) is 20.5. The molecule has 1 unspecified atom stereocenters. The number of carbonyl (C=O) groups excluding carboxylic acids is 1. The van der Waals surface area contributed by atoms with Gasteiger partial charge in [-0.25, -0.2) is 4.98 Å². The van der Waals surface area contributed by atoms with Gasteiger partial charge in [0, 0.05) is 24.6 Å². The number of pyridine rings is 1. The number of aryl methyl sites for hydroxylation is 1. The zero-order valence-electron chi connectivity index (χ0n) is 17.0. The van der Waals surface area contributed by atoms with Crippen molar-refractivity contribution in [2.24, 2.45) is 0 Å². The maximum absolute atomic E-state index is 12.9. The van der Waals surface area contributed by atoms with Crippen molar-refractivity contribution in [3.05, 3.63) is 85.7 Å². The van der Waals surface area contributed by atoms with Crippen LogP contribution in [0.4, 0.5) is 0 Å². The number of carbonyl (C=O) groups is 1. The molecule has 1 N–H and O–H groups in total. The Morgan fingerprint density at radius 3 is 2.90 bits per heavy atom. The summed E-state index contributed by atoms with van der Waals surface area (Å²) in [6.07, 6.45) is 4.51. The van der Waals surface area contributed by atoms with Crippen LogP contribution in [-0.4, -0.2) is 28.2 Å². The van der Waals surface area contributed by atoms with E-state index in [4.69, 9.17) is 4.74 Å². The Labute approximate surface area is 179 Å². The summed E-state index contributed by atoms with van der Waals surface area (Å²) in [5.41, 5.74) is 2.59. The fraction of sp³-hybridized carbons (Fsp3) is 0.348. The minimum atomic E-state index is -0.364. The van der Waals surface area contributed by atoms with Crippen LogP contribution in [0.5, 0.6) is 0 Å². The summed E-state index contributed by atoms with van der Waals surface area (Å²) in [7, 11) is 0. The monoisotopic (exact) mass is 423 g/mol. The molecule has 0 aliphatic carbocycles. The number of rotatable bonds is 7. The van der Waals surface area contributed by atoms with Crippen molar-refractivity contribution in [3.63, 3.8) is 0 Å². The Hall–Kier alpha value is -2.77. The molecular weight excluding hydrogens is 398 g/mol. The maximum Gasteiger partial charge on any atom is 0.263 e. The third-order valence-electron chi connectivity index (χ3n) is 5.25. The van der Waals surface area contributed by atoms with Crippen LogP contribution < -0.4 is 10.9 Å². The molecule has 6 nitrogen and oxygen atoms in total. The zero-order chi connectivity index (χ0) is 20.9. The van der Waals surface area contributed by atoms with Crippen molar-refractivity contribution in [1.29, 1.82) is 0 Å². The van der Waals surface area contributed by atoms with Crippen LogP contribution in [-0.2, 0) is 24.2 Å². The predicted molar refractivity (Wildman–Crippen MR) is 117 cm³/mol. The van der Waals surface area contributed by atoms with E-state index >= 15 is 0 Å². The van der Waals surface area contributed by atoms with Crippen LogP contribution in [0.1, 0.15) is 45.0 Å². The summed E-state index contributed by atoms with van der Waals surface area (Å²) in [4.78, 5) is 30.2. The molecule has 1 fully saturated rings. The molecule has 1 aliphatic heterocycles. The van der Waals surface area contributed by atoms with E-state index in [9.17, 15) is 9.59 Å². The van der Waals surface area contributed by atoms with E-state index in [2.05, 4.69) is 22.4 Å². The van der Waals surface area contributed by atoms with Gasteiger partial charge in [0.1, 0.15) is 5.56 Å². The van der Waals surface area contributed by atoms with E-state index < -0.39 is 0 Å². The lowest BCUT2D eigenvalue weighted by molar-refractivity contribution is 0.0928. The molecule has 156 valence electrons. The number of aromatic nitrogens is 2. The molecule has 30 heavy (non-hydrogen) atoms. The predicted octanol–water partition coefficient (Wildman–Crippen LogP) is 3.31. The van der Waals surface area contributed by atoms with E-state index in [0.717, 1.165) is 36.6 Å². The molecule has 0 spiro atoms. The van der Waals surface area contributed by atoms with Gasteiger partial charge in [-0.05, 0) is 37.0 Å². The minimum Gasteiger partial charge on any atom is -0.376 e. The first-order chi connectivity index (χ1) is 14.6. The van der Waals surface area contributed by atoms with Crippen molar-refractivity contribution in [2.45, 2.75) is 45.4 Å². The summed E-state index contributed by atoms with van der Waals surface area (Å²) in [5.74, 6) is -0.364. The largest absolute Gasteiger partial charge is 0.376 e. The highest BCUT2D eigenvalue weighted by molar-refractivity contribution is 7.09. The van der Waals surface area contributed by atoms with Gasteiger partial charge in [0.15, 0.2) is 0 Å². The fourth-order valence-corrected chi connectivity index (χ4v) is 4.46. The van der Waals surface area contributed by atoms with Gasteiger partial charge in [0.2, 0.25) is 0 Å². The number of hydrogen-bond acceptors (Lipinski definition) is 5. The van der Waals surface area contributed by atoms with Crippen molar-refractivity contribution >= 4 is 17.2 Å². The zero-order valence-corrected chi connectivity index (χ0v) is 17.8. The second-order valence-corrected chi connectivity index (χ2v) is 8.49. The number of amides is 1. The smallest absolute Gasteiger partial charge is 0.263 e. The lowest BCUT2D eigenvalue weighted by Gasteiger charge is -2.14. The minimum absolute atomic E-state index is 0.0411. The first-order valence-electron chi connectivity index (χ1n) is 10.2. The Kier molecular flexibility index (Phi) is 6.40. The highest BCUT2D eigenvalue weighted by atomic mass is 32.1. The molecule has 0 saturated carbocycles. The highest BCUT2D eigenvalue weighted by Crippen LogP contribution is 2.16. The second-order valence-electron chi connectivity index (χ2n) is 7.54. The molecule has 0 bridgehead atoms. The summed E-state index contributed by atoms with van der Waals surface area (Å²) >= 11 is 1.58. The maximum atomic E-state index is 12.9. The van der Waals surface area contributed by atoms with Crippen LogP contribution in [0, 0.1) is 6.92 Å². The van der Waals surface area contributed by atoms with Crippen LogP contribution in [0.25, 0.3) is 0 Å². The molecule has 1 atom stereocenters. The van der Waals surface area contributed by atoms with Crippen LogP contribution >= 0.6 is 11.3 Å². The lowest BCUT2D eigenvalue weighted by Crippen LogP contribution is -2.35. The SMILES string of the molecule is Cc1ccn(CC2CCCO2)c(=O)c1C(=O)NCc1csc(Cc2ccccc2)n1. The van der Waals surface area contributed by atoms with E-state index in [-0.39, 0.29) is 23.1 Å². The Balaban J connectivity index is 1.41. The second kappa shape index (κ2) is 9.36. The standard InChI is InChI=1S/C23H25N3O3S/c1-16-9-10-26(14-19-8-5-11-29-19)23(28)21(16)22(27)24-13-18-15-30-20(25-18)12-17-6-3-2-4-7-17/h2-4,6-7,9-10,15,19H,5,8,11-14H2,1H3,(H,24,27). The number of benzene rings is 1. The Morgan fingerprint density at radius 2 is 2.13 bits per heavy atom. The normalized spacial score (nSPS) is 16.0. The molecule has 0 radical (unpaired) electrons. The number of hydrogen-bond donors (Lipinski definition) is 1. The van der Waals surface area contributed by atoms with Crippen molar-refractivity contribution < 1.29 is 9.53 Å². The van der Waals surface area contributed by atoms with Crippen LogP contribution in [0.2, 0.25) is 0 Å². The molecule has 1 aliphatic rings. The molecule has 1 aromatic carbocycles. The van der Waals surface area contributed by atoms with Crippen molar-refractivity contribution in [1.82, 2.24) is 14.9 Å². The van der Waals surface area contributed by atoms with Crippen LogP contribution in [0.3, 0.4) is 0 Å². The molecular formula is C23H25N3O3S. The Bertz CT molecular complexity index is 1070. The van der Waals surface area contributed by atoms with Gasteiger partial charge in [0.25, 0.3) is 11.5 Å². The van der Waals surface area contributed by atoms with Gasteiger partial charge in [-0.2, -0.15) is 0 Å². The highest BCUT2D eigenvalue weighted by Gasteiger charge is 2.20. The van der Waals surface area contributed by atoms with Gasteiger partial charge < -0.3 is 14.6 Å². The summed E-state index contributed by atoms with van der Waals surface area (Å²) < 4.78 is 7.21. The third-order valence-corrected chi connectivity index (χ3v) is 6.15. The first-order valence-corrected chi connectivity index (χ1v) is 11.0. The summed E-state index contributed by atoms with van der Waals surface area (Å²) in [5, 5.41) is 5.81. The van der Waals surface area contributed by atoms with Gasteiger partial charge in [-0.3, -0.25) is 9.59 Å². The van der Waals surface area contributed by atoms with E-state index in [1.165, 1.54) is 5.56 Å². The molecule has 1 saturated heterocycles. The number of nitrogens with zero attached hydrogens (tertiary/aromatic N) is 2. The van der Waals surface area contributed by atoms with Crippen LogP contribution in [0.15, 0.2) is 52.8 Å². The molecule has 3 heterocycles. The molecule has 4 rings (SSSR count). The van der Waals surface area contributed by atoms with E-state index in [1.807, 2.05) is 29.6 Å². The van der Waals surface area contributed by atoms with Gasteiger partial charge in [-0.15, -0.1) is 11.3 Å². The number of nitrogens with one attached hydrogen (secondary N) is 1. The average molecular weight is 424 g/mol. The average Bonchev–Trinajstić information content (AvgIpc) is 3.41. The summed E-state index contributed by atoms with van der Waals surface area (Å²) in [6.45, 7) is 3.30. The lowest BCUT2D eigenvalue weighted by atomic mass is 10.1. The Morgan fingerprint density at radius 1 is 1.30 bits per heavy atom. The molecule has 7 heteroatoms. The molecule has 1 amide bonds. The third kappa shape index (κ3) is 4.86. The van der Waals surface area contributed by atoms with E-state index in [1.54, 1.807) is 29.0 Å². The van der Waals surface area contributed by atoms with Crippen molar-refractivity contribution in [2.75, 3.05) is 6.61 Å². The van der Waals surface area contributed by atoms with E-state index in [0.29, 0.717) is 18.7 Å².